The third-order valence-corrected chi connectivity index (χ3v) is 8.40. The third kappa shape index (κ3) is 17.4. The summed E-state index contributed by atoms with van der Waals surface area (Å²) in [5.74, 6) is -6.24. The number of aliphatic carboxylic acids is 2. The maximum atomic E-state index is 14.2. The molecular formula is C36H59F2NO8. The number of unbranched alkanes of at least 4 members (excludes halogenated alkanes) is 9. The number of aliphatic hydroxyl groups is 2. The number of halogens is 2. The van der Waals surface area contributed by atoms with Crippen LogP contribution in [0.4, 0.5) is 8.78 Å². The van der Waals surface area contributed by atoms with Crippen LogP contribution >= 0.6 is 0 Å². The lowest BCUT2D eigenvalue weighted by atomic mass is 9.82. The number of rotatable bonds is 29. The molecule has 9 nitrogen and oxygen atoms in total. The van der Waals surface area contributed by atoms with Gasteiger partial charge in [0, 0.05) is 33.0 Å². The smallest absolute Gasteiger partial charge is 0.336 e. The first-order valence-corrected chi connectivity index (χ1v) is 17.3. The van der Waals surface area contributed by atoms with E-state index in [9.17, 15) is 38.8 Å². The fraction of sp³-hybridized carbons (Fsp3) is 0.722. The molecule has 0 aliphatic heterocycles. The van der Waals surface area contributed by atoms with Gasteiger partial charge in [-0.05, 0) is 56.2 Å². The lowest BCUT2D eigenvalue weighted by Gasteiger charge is -2.35. The van der Waals surface area contributed by atoms with Gasteiger partial charge in [-0.2, -0.15) is 0 Å². The molecule has 47 heavy (non-hydrogen) atoms. The van der Waals surface area contributed by atoms with Crippen molar-refractivity contribution >= 4 is 11.9 Å². The van der Waals surface area contributed by atoms with Crippen LogP contribution in [0, 0.1) is 5.92 Å². The summed E-state index contributed by atoms with van der Waals surface area (Å²) in [7, 11) is 1.35. The predicted molar refractivity (Wildman–Crippen MR) is 179 cm³/mol. The molecule has 4 atom stereocenters. The lowest BCUT2D eigenvalue weighted by Crippen LogP contribution is -2.57. The van der Waals surface area contributed by atoms with Crippen LogP contribution < -0.4 is 10.1 Å². The van der Waals surface area contributed by atoms with Crippen LogP contribution in [0.3, 0.4) is 0 Å². The van der Waals surface area contributed by atoms with E-state index in [1.165, 1.54) is 13.2 Å². The van der Waals surface area contributed by atoms with E-state index in [4.69, 9.17) is 9.47 Å². The fourth-order valence-electron chi connectivity index (χ4n) is 5.37. The molecule has 0 aliphatic carbocycles. The first-order valence-electron chi connectivity index (χ1n) is 17.3. The van der Waals surface area contributed by atoms with E-state index in [0.29, 0.717) is 56.4 Å². The van der Waals surface area contributed by atoms with Gasteiger partial charge in [0.25, 0.3) is 0 Å². The van der Waals surface area contributed by atoms with Gasteiger partial charge in [0.2, 0.25) is 5.92 Å². The summed E-state index contributed by atoms with van der Waals surface area (Å²) in [5, 5.41) is 44.8. The molecule has 5 N–H and O–H groups in total. The number of allylic oxidation sites excluding steroid dienone is 1. The van der Waals surface area contributed by atoms with Gasteiger partial charge in [-0.25, -0.2) is 13.6 Å². The van der Waals surface area contributed by atoms with Crippen molar-refractivity contribution < 1.29 is 48.3 Å². The molecule has 0 fully saturated rings. The predicted octanol–water partition coefficient (Wildman–Crippen LogP) is 7.13. The van der Waals surface area contributed by atoms with Crippen LogP contribution in [-0.4, -0.2) is 76.5 Å². The van der Waals surface area contributed by atoms with E-state index in [0.717, 1.165) is 38.5 Å². The number of hydrogen-bond donors (Lipinski definition) is 5. The molecule has 0 spiro atoms. The number of alkyl halides is 2. The highest BCUT2D eigenvalue weighted by molar-refractivity contribution is 5.78. The summed E-state index contributed by atoms with van der Waals surface area (Å²) < 4.78 is 39.0. The first kappa shape index (κ1) is 42.4. The number of aliphatic hydroxyl groups excluding tert-OH is 1. The maximum absolute atomic E-state index is 14.2. The Hall–Kier alpha value is -2.60. The molecule has 0 radical (unpaired) electrons. The van der Waals surface area contributed by atoms with E-state index in [2.05, 4.69) is 19.2 Å². The van der Waals surface area contributed by atoms with Crippen LogP contribution in [0.15, 0.2) is 36.4 Å². The second-order valence-corrected chi connectivity index (χ2v) is 12.5. The van der Waals surface area contributed by atoms with Gasteiger partial charge >= 0.3 is 11.9 Å². The monoisotopic (exact) mass is 671 g/mol. The molecule has 11 heteroatoms. The Morgan fingerprint density at radius 1 is 0.872 bits per heavy atom. The topological polar surface area (TPSA) is 146 Å². The van der Waals surface area contributed by atoms with Crippen LogP contribution in [0.5, 0.6) is 5.75 Å². The molecule has 0 aliphatic rings. The highest BCUT2D eigenvalue weighted by Crippen LogP contribution is 2.30. The summed E-state index contributed by atoms with van der Waals surface area (Å²) in [5.41, 5.74) is -1.80. The molecule has 0 amide bonds. The number of carbonyl (C=O) groups is 2. The average Bonchev–Trinajstić information content (AvgIpc) is 3.03. The molecule has 0 saturated heterocycles. The van der Waals surface area contributed by atoms with Gasteiger partial charge < -0.3 is 29.9 Å². The summed E-state index contributed by atoms with van der Waals surface area (Å²) >= 11 is 0. The normalized spacial score (nSPS) is 15.3. The van der Waals surface area contributed by atoms with Crippen LogP contribution in [0.1, 0.15) is 116 Å². The third-order valence-electron chi connectivity index (χ3n) is 8.40. The minimum atomic E-state index is -2.65. The number of ether oxygens (including phenoxy) is 2. The minimum Gasteiger partial charge on any atom is -0.494 e. The molecule has 0 aromatic heterocycles. The van der Waals surface area contributed by atoms with Gasteiger partial charge in [0.15, 0.2) is 5.60 Å². The second-order valence-electron chi connectivity index (χ2n) is 12.5. The summed E-state index contributed by atoms with van der Waals surface area (Å²) in [6.45, 7) is 4.61. The molecule has 0 bridgehead atoms. The maximum Gasteiger partial charge on any atom is 0.336 e. The zero-order valence-corrected chi connectivity index (χ0v) is 28.6. The number of nitrogens with one attached hydrogen (secondary N) is 1. The molecule has 0 saturated carbocycles. The van der Waals surface area contributed by atoms with Crippen molar-refractivity contribution in [3.05, 3.63) is 42.0 Å². The van der Waals surface area contributed by atoms with Crippen molar-refractivity contribution in [2.24, 2.45) is 5.92 Å². The Balaban J connectivity index is 2.81. The number of methoxy groups -OCH3 is 1. The molecule has 0 heterocycles. The zero-order chi connectivity index (χ0) is 35.1. The fourth-order valence-corrected chi connectivity index (χ4v) is 5.37. The van der Waals surface area contributed by atoms with Crippen molar-refractivity contribution in [2.45, 2.75) is 140 Å². The molecule has 1 rings (SSSR count). The number of carboxylic acid groups (broad SMARTS) is 2. The Kier molecular flexibility index (Phi) is 21.4. The standard InChI is InChI=1S/C36H59F2NO8/c1-4-6-8-12-15-22-35(37,38)23-16-13-10-9-11-14-17-30(36(45,34(43)44)24-26-46-3)32(40)39-31(33(41)42)27-28-18-20-29(21-19-28)47-25-7-5-2/h14,17-21,30-32,39-40,45H,4-13,15-16,22-27H2,1-3H3,(H,41,42)(H,43,44)/t30-,31+,32?,36+/m1/s1. The SMILES string of the molecule is CCCCCCCC(F)(F)CCCCCCC=C[C@H](C(O)N[C@@H](Cc1ccc(OCCCC)cc1)C(=O)O)[C@@](O)(CCOC)C(=O)O. The Morgan fingerprint density at radius 2 is 1.47 bits per heavy atom. The summed E-state index contributed by atoms with van der Waals surface area (Å²) in [6.07, 6.45) is 10.00. The van der Waals surface area contributed by atoms with Crippen LogP contribution in [0.25, 0.3) is 0 Å². The van der Waals surface area contributed by atoms with Crippen molar-refractivity contribution in [1.29, 1.82) is 0 Å². The zero-order valence-electron chi connectivity index (χ0n) is 28.6. The van der Waals surface area contributed by atoms with Gasteiger partial charge in [-0.1, -0.05) is 83.1 Å². The summed E-state index contributed by atoms with van der Waals surface area (Å²) in [6, 6.07) is 5.64. The Bertz CT molecular complexity index is 1020. The van der Waals surface area contributed by atoms with E-state index < -0.39 is 41.6 Å². The van der Waals surface area contributed by atoms with E-state index >= 15 is 0 Å². The number of benzene rings is 1. The van der Waals surface area contributed by atoms with Gasteiger partial charge in [0.1, 0.15) is 18.0 Å². The number of carboxylic acids is 2. The van der Waals surface area contributed by atoms with Gasteiger partial charge in [-0.15, -0.1) is 0 Å². The van der Waals surface area contributed by atoms with E-state index in [1.807, 2.05) is 0 Å². The van der Waals surface area contributed by atoms with E-state index in [-0.39, 0.29) is 32.3 Å². The molecule has 270 valence electrons. The van der Waals surface area contributed by atoms with Crippen molar-refractivity contribution in [2.75, 3.05) is 20.3 Å². The van der Waals surface area contributed by atoms with Crippen molar-refractivity contribution in [3.63, 3.8) is 0 Å². The average molecular weight is 672 g/mol. The molecule has 1 aromatic rings. The van der Waals surface area contributed by atoms with E-state index in [1.54, 1.807) is 30.3 Å². The Labute approximate surface area is 279 Å². The largest absolute Gasteiger partial charge is 0.494 e. The van der Waals surface area contributed by atoms with Crippen LogP contribution in [-0.2, 0) is 20.7 Å². The molecular weight excluding hydrogens is 612 g/mol. The lowest BCUT2D eigenvalue weighted by molar-refractivity contribution is -0.171. The van der Waals surface area contributed by atoms with Crippen molar-refractivity contribution in [1.82, 2.24) is 5.32 Å². The summed E-state index contributed by atoms with van der Waals surface area (Å²) in [4.78, 5) is 24.4. The quantitative estimate of drug-likeness (QED) is 0.0341. The van der Waals surface area contributed by atoms with Crippen LogP contribution in [0.2, 0.25) is 0 Å². The molecule has 1 unspecified atom stereocenters. The molecule has 1 aromatic carbocycles. The minimum absolute atomic E-state index is 0.0143. The first-order chi connectivity index (χ1) is 22.4. The highest BCUT2D eigenvalue weighted by atomic mass is 19.3. The Morgan fingerprint density at radius 3 is 2.02 bits per heavy atom. The second kappa shape index (κ2) is 23.7. The highest BCUT2D eigenvalue weighted by Gasteiger charge is 2.46. The number of hydrogen-bond acceptors (Lipinski definition) is 7. The van der Waals surface area contributed by atoms with Crippen molar-refractivity contribution in [3.8, 4) is 5.75 Å². The van der Waals surface area contributed by atoms with Gasteiger partial charge in [-0.3, -0.25) is 10.1 Å². The van der Waals surface area contributed by atoms with Gasteiger partial charge in [0.05, 0.1) is 12.5 Å².